The molecule has 0 saturated heterocycles. The maximum atomic E-state index is 4.77. The van der Waals surface area contributed by atoms with Gasteiger partial charge in [-0.3, -0.25) is 14.6 Å². The lowest BCUT2D eigenvalue weighted by Gasteiger charge is -2.25. The highest BCUT2D eigenvalue weighted by molar-refractivity contribution is 5.25. The normalized spacial score (nSPS) is 13.5. The molecule has 0 N–H and O–H groups in total. The van der Waals surface area contributed by atoms with Crippen molar-refractivity contribution in [3.63, 3.8) is 0 Å². The first-order chi connectivity index (χ1) is 11.1. The van der Waals surface area contributed by atoms with Gasteiger partial charge in [0, 0.05) is 42.2 Å². The van der Waals surface area contributed by atoms with Crippen molar-refractivity contribution in [2.75, 3.05) is 7.05 Å². The fourth-order valence-corrected chi connectivity index (χ4v) is 3.13. The summed E-state index contributed by atoms with van der Waals surface area (Å²) in [6, 6.07) is 4.65. The molecule has 2 rings (SSSR count). The van der Waals surface area contributed by atoms with Crippen molar-refractivity contribution in [2.45, 2.75) is 73.0 Å². The average Bonchev–Trinajstić information content (AvgIpc) is 2.75. The van der Waals surface area contributed by atoms with Gasteiger partial charge in [0.2, 0.25) is 0 Å². The fraction of sp³-hybridized carbons (Fsp3) is 0.600. The first-order valence-electron chi connectivity index (χ1n) is 8.77. The third-order valence-corrected chi connectivity index (χ3v) is 4.71. The second-order valence-corrected chi connectivity index (χ2v) is 8.02. The Balaban J connectivity index is 2.12. The predicted octanol–water partition coefficient (Wildman–Crippen LogP) is 4.02. The van der Waals surface area contributed by atoms with E-state index >= 15 is 0 Å². The zero-order valence-corrected chi connectivity index (χ0v) is 16.5. The topological polar surface area (TPSA) is 34.0 Å². The molecule has 0 unspecified atom stereocenters. The molecule has 4 nitrogen and oxygen atoms in total. The van der Waals surface area contributed by atoms with Gasteiger partial charge in [0.25, 0.3) is 0 Å². The van der Waals surface area contributed by atoms with Gasteiger partial charge in [-0.15, -0.1) is 0 Å². The van der Waals surface area contributed by atoms with Gasteiger partial charge in [0.15, 0.2) is 0 Å². The Labute approximate surface area is 146 Å². The smallest absolute Gasteiger partial charge is 0.0641 e. The van der Waals surface area contributed by atoms with Crippen molar-refractivity contribution in [2.24, 2.45) is 0 Å². The van der Waals surface area contributed by atoms with E-state index in [1.54, 1.807) is 0 Å². The lowest BCUT2D eigenvalue weighted by molar-refractivity contribution is 0.245. The van der Waals surface area contributed by atoms with Crippen LogP contribution in [0.2, 0.25) is 0 Å². The van der Waals surface area contributed by atoms with Crippen LogP contribution in [0.4, 0.5) is 0 Å². The Bertz CT molecular complexity index is 694. The molecule has 2 heterocycles. The minimum Gasteiger partial charge on any atom is -0.299 e. The van der Waals surface area contributed by atoms with Gasteiger partial charge in [-0.05, 0) is 73.2 Å². The molecule has 2 aromatic rings. The molecule has 0 aliphatic carbocycles. The third kappa shape index (κ3) is 4.23. The number of nitrogens with zero attached hydrogens (tertiary/aromatic N) is 4. The molecule has 4 heteroatoms. The molecule has 24 heavy (non-hydrogen) atoms. The van der Waals surface area contributed by atoms with Crippen LogP contribution in [0, 0.1) is 20.8 Å². The number of aryl methyl sites for hydroxylation is 2. The summed E-state index contributed by atoms with van der Waals surface area (Å²) in [4.78, 5) is 6.89. The monoisotopic (exact) mass is 328 g/mol. The molecule has 1 atom stereocenters. The van der Waals surface area contributed by atoms with E-state index in [-0.39, 0.29) is 5.54 Å². The van der Waals surface area contributed by atoms with E-state index < -0.39 is 0 Å². The van der Waals surface area contributed by atoms with Gasteiger partial charge in [0.05, 0.1) is 11.2 Å². The Kier molecular flexibility index (Phi) is 5.49. The Morgan fingerprint density at radius 3 is 2.42 bits per heavy atom. The van der Waals surface area contributed by atoms with Gasteiger partial charge in [0.1, 0.15) is 0 Å². The van der Waals surface area contributed by atoms with Crippen LogP contribution in [-0.4, -0.2) is 32.8 Å². The fourth-order valence-electron chi connectivity index (χ4n) is 3.13. The highest BCUT2D eigenvalue weighted by Crippen LogP contribution is 2.23. The van der Waals surface area contributed by atoms with Gasteiger partial charge >= 0.3 is 0 Å². The minimum absolute atomic E-state index is 0.0166. The molecule has 0 fully saturated rings. The van der Waals surface area contributed by atoms with Crippen molar-refractivity contribution in [1.82, 2.24) is 19.7 Å². The van der Waals surface area contributed by atoms with E-state index in [0.717, 1.165) is 24.4 Å². The maximum absolute atomic E-state index is 4.77. The zero-order chi connectivity index (χ0) is 18.1. The molecule has 0 saturated carbocycles. The summed E-state index contributed by atoms with van der Waals surface area (Å²) in [5, 5.41) is 4.77. The highest BCUT2D eigenvalue weighted by atomic mass is 15.3. The van der Waals surface area contributed by atoms with Crippen LogP contribution < -0.4 is 0 Å². The van der Waals surface area contributed by atoms with Crippen molar-refractivity contribution >= 4 is 0 Å². The molecule has 0 aliphatic rings. The van der Waals surface area contributed by atoms with Crippen LogP contribution in [0.5, 0.6) is 0 Å². The molecular weight excluding hydrogens is 296 g/mol. The second kappa shape index (κ2) is 7.06. The summed E-state index contributed by atoms with van der Waals surface area (Å²) in [6.45, 7) is 16.2. The number of aromatic nitrogens is 3. The van der Waals surface area contributed by atoms with E-state index in [1.165, 1.54) is 16.8 Å². The van der Waals surface area contributed by atoms with E-state index in [9.17, 15) is 0 Å². The quantitative estimate of drug-likeness (QED) is 0.831. The molecule has 0 bridgehead atoms. The maximum Gasteiger partial charge on any atom is 0.0641 e. The van der Waals surface area contributed by atoms with Crippen LogP contribution >= 0.6 is 0 Å². The Morgan fingerprint density at radius 1 is 1.21 bits per heavy atom. The Morgan fingerprint density at radius 2 is 1.88 bits per heavy atom. The molecule has 2 aromatic heterocycles. The summed E-state index contributed by atoms with van der Waals surface area (Å²) >= 11 is 0. The van der Waals surface area contributed by atoms with Gasteiger partial charge in [-0.1, -0.05) is 0 Å². The predicted molar refractivity (Wildman–Crippen MR) is 100 cm³/mol. The summed E-state index contributed by atoms with van der Waals surface area (Å²) < 4.78 is 2.15. The van der Waals surface area contributed by atoms with E-state index in [4.69, 9.17) is 5.10 Å². The van der Waals surface area contributed by atoms with Crippen LogP contribution in [0.15, 0.2) is 18.3 Å². The number of pyridine rings is 1. The zero-order valence-electron chi connectivity index (χ0n) is 16.5. The largest absolute Gasteiger partial charge is 0.299 e. The standard InChI is InChI=1S/C20H32N4/c1-14-9-10-21-18(11-14)12-15(2)23(8)13-19-16(3)22-24(17(19)4)20(5,6)7/h9-11,15H,12-13H2,1-8H3/t15-/m1/s1. The van der Waals surface area contributed by atoms with Gasteiger partial charge in [-0.2, -0.15) is 5.10 Å². The number of hydrogen-bond donors (Lipinski definition) is 0. The van der Waals surface area contributed by atoms with E-state index in [0.29, 0.717) is 6.04 Å². The van der Waals surface area contributed by atoms with Gasteiger partial charge < -0.3 is 0 Å². The highest BCUT2D eigenvalue weighted by Gasteiger charge is 2.22. The Hall–Kier alpha value is -1.68. The van der Waals surface area contributed by atoms with Crippen LogP contribution in [-0.2, 0) is 18.5 Å². The molecule has 0 aliphatic heterocycles. The van der Waals surface area contributed by atoms with Crippen LogP contribution in [0.1, 0.15) is 55.9 Å². The van der Waals surface area contributed by atoms with Crippen molar-refractivity contribution in [3.05, 3.63) is 46.5 Å². The lowest BCUT2D eigenvalue weighted by Crippen LogP contribution is -2.31. The van der Waals surface area contributed by atoms with Crippen molar-refractivity contribution < 1.29 is 0 Å². The average molecular weight is 329 g/mol. The van der Waals surface area contributed by atoms with Gasteiger partial charge in [-0.25, -0.2) is 0 Å². The summed E-state index contributed by atoms with van der Waals surface area (Å²) in [7, 11) is 2.19. The molecule has 0 spiro atoms. The SMILES string of the molecule is Cc1ccnc(C[C@@H](C)N(C)Cc2c(C)nn(C(C)(C)C)c2C)c1. The summed E-state index contributed by atoms with van der Waals surface area (Å²) in [5.74, 6) is 0. The third-order valence-electron chi connectivity index (χ3n) is 4.71. The molecule has 0 aromatic carbocycles. The molecule has 0 amide bonds. The summed E-state index contributed by atoms with van der Waals surface area (Å²) in [5.41, 5.74) is 6.20. The molecule has 0 radical (unpaired) electrons. The first kappa shape index (κ1) is 18.7. The number of hydrogen-bond acceptors (Lipinski definition) is 3. The minimum atomic E-state index is 0.0166. The van der Waals surface area contributed by atoms with Crippen molar-refractivity contribution in [1.29, 1.82) is 0 Å². The van der Waals surface area contributed by atoms with E-state index in [1.807, 2.05) is 12.3 Å². The lowest BCUT2D eigenvalue weighted by atomic mass is 10.1. The van der Waals surface area contributed by atoms with E-state index in [2.05, 4.69) is 76.1 Å². The van der Waals surface area contributed by atoms with Crippen LogP contribution in [0.3, 0.4) is 0 Å². The number of likely N-dealkylation sites (N-methyl/N-ethyl adjacent to an activating group) is 1. The molecular formula is C20H32N4. The second-order valence-electron chi connectivity index (χ2n) is 8.02. The first-order valence-corrected chi connectivity index (χ1v) is 8.77. The van der Waals surface area contributed by atoms with Crippen LogP contribution in [0.25, 0.3) is 0 Å². The summed E-state index contributed by atoms with van der Waals surface area (Å²) in [6.07, 6.45) is 2.86. The number of rotatable bonds is 5. The van der Waals surface area contributed by atoms with Crippen molar-refractivity contribution in [3.8, 4) is 0 Å². The molecule has 132 valence electrons.